The Morgan fingerprint density at radius 2 is 1.79 bits per heavy atom. The lowest BCUT2D eigenvalue weighted by atomic mass is 10.1. The molecule has 1 aliphatic rings. The fraction of sp³-hybridized carbons (Fsp3) is 0.294. The van der Waals surface area contributed by atoms with Crippen molar-refractivity contribution in [1.29, 1.82) is 0 Å². The molecule has 24 heavy (non-hydrogen) atoms. The summed E-state index contributed by atoms with van der Waals surface area (Å²) in [5.74, 6) is -1.22. The van der Waals surface area contributed by atoms with E-state index < -0.39 is 17.8 Å². The molecule has 2 heterocycles. The van der Waals surface area contributed by atoms with Crippen molar-refractivity contribution < 1.29 is 18.8 Å². The van der Waals surface area contributed by atoms with Crippen molar-refractivity contribution in [3.8, 4) is 11.5 Å². The van der Waals surface area contributed by atoms with Gasteiger partial charge in [0.05, 0.1) is 12.2 Å². The summed E-state index contributed by atoms with van der Waals surface area (Å²) >= 11 is 0. The molecule has 0 spiro atoms. The number of oxazole rings is 1. The van der Waals surface area contributed by atoms with Crippen LogP contribution >= 0.6 is 0 Å². The number of aryl methyl sites for hydroxylation is 2. The van der Waals surface area contributed by atoms with Gasteiger partial charge in [-0.3, -0.25) is 14.5 Å². The first-order valence-corrected chi connectivity index (χ1v) is 7.61. The quantitative estimate of drug-likeness (QED) is 0.635. The fourth-order valence-corrected chi connectivity index (χ4v) is 2.69. The summed E-state index contributed by atoms with van der Waals surface area (Å²) in [6, 6.07) is 5.26. The molecule has 124 valence electrons. The first-order chi connectivity index (χ1) is 11.4. The highest BCUT2D eigenvalue weighted by Crippen LogP contribution is 2.24. The van der Waals surface area contributed by atoms with Crippen LogP contribution < -0.4 is 0 Å². The highest BCUT2D eigenvalue weighted by atomic mass is 16.3. The van der Waals surface area contributed by atoms with Gasteiger partial charge in [0.2, 0.25) is 5.89 Å². The molecule has 0 bridgehead atoms. The third-order valence-electron chi connectivity index (χ3n) is 3.94. The van der Waals surface area contributed by atoms with E-state index in [-0.39, 0.29) is 13.1 Å². The van der Waals surface area contributed by atoms with Gasteiger partial charge in [0.1, 0.15) is 6.26 Å². The van der Waals surface area contributed by atoms with Gasteiger partial charge in [0.25, 0.3) is 0 Å². The number of carbonyl (C=O) groups is 3. The number of rotatable bonds is 4. The number of nitrogens with zero attached hydrogens (tertiary/aromatic N) is 3. The zero-order chi connectivity index (χ0) is 17.4. The second kappa shape index (κ2) is 5.92. The Morgan fingerprint density at radius 3 is 2.42 bits per heavy atom. The third-order valence-corrected chi connectivity index (χ3v) is 3.94. The largest absolute Gasteiger partial charge is 0.444 e. The minimum Gasteiger partial charge on any atom is -0.444 e. The van der Waals surface area contributed by atoms with Crippen LogP contribution in [0.1, 0.15) is 23.7 Å². The van der Waals surface area contributed by atoms with E-state index in [1.807, 2.05) is 32.0 Å². The molecule has 1 fully saturated rings. The number of amides is 4. The third kappa shape index (κ3) is 2.58. The Hall–Kier alpha value is -2.96. The van der Waals surface area contributed by atoms with E-state index in [4.69, 9.17) is 4.42 Å². The number of aromatic nitrogens is 1. The summed E-state index contributed by atoms with van der Waals surface area (Å²) in [5.41, 5.74) is 3.41. The van der Waals surface area contributed by atoms with Gasteiger partial charge in [-0.25, -0.2) is 14.7 Å². The first kappa shape index (κ1) is 15.9. The zero-order valence-corrected chi connectivity index (χ0v) is 13.7. The molecule has 0 N–H and O–H groups in total. The number of likely N-dealkylation sites (N-methyl/N-ethyl adjacent to an activating group) is 1. The number of imide groups is 2. The first-order valence-electron chi connectivity index (χ1n) is 7.61. The van der Waals surface area contributed by atoms with E-state index in [0.717, 1.165) is 26.5 Å². The maximum atomic E-state index is 12.1. The highest BCUT2D eigenvalue weighted by Gasteiger charge is 2.43. The summed E-state index contributed by atoms with van der Waals surface area (Å²) < 4.78 is 5.47. The minimum atomic E-state index is -0.835. The average Bonchev–Trinajstić information content (AvgIpc) is 3.07. The smallest absolute Gasteiger partial charge is 0.334 e. The Bertz CT molecular complexity index is 840. The predicted octanol–water partition coefficient (Wildman–Crippen LogP) is 2.27. The Labute approximate surface area is 138 Å². The van der Waals surface area contributed by atoms with Crippen LogP contribution in [0.4, 0.5) is 4.79 Å². The van der Waals surface area contributed by atoms with Crippen molar-refractivity contribution in [2.75, 3.05) is 6.54 Å². The predicted molar refractivity (Wildman–Crippen MR) is 84.7 cm³/mol. The standard InChI is InChI=1S/C17H17N3O4/c1-4-19-15(21)16(22)20(17(19)23)8-12-9-24-14(18-12)13-6-5-10(2)7-11(13)3/h5-7,9H,4,8H2,1-3H3. The Morgan fingerprint density at radius 1 is 1.08 bits per heavy atom. The summed E-state index contributed by atoms with van der Waals surface area (Å²) in [5, 5.41) is 0. The van der Waals surface area contributed by atoms with Gasteiger partial charge in [-0.05, 0) is 32.4 Å². The molecule has 1 aromatic heterocycles. The van der Waals surface area contributed by atoms with Crippen LogP contribution in [0.25, 0.3) is 11.5 Å². The lowest BCUT2D eigenvalue weighted by Gasteiger charge is -2.12. The van der Waals surface area contributed by atoms with Crippen LogP contribution in [-0.4, -0.2) is 39.2 Å². The summed E-state index contributed by atoms with van der Waals surface area (Å²) in [7, 11) is 0. The van der Waals surface area contributed by atoms with Crippen molar-refractivity contribution >= 4 is 17.8 Å². The number of hydrogen-bond acceptors (Lipinski definition) is 5. The molecule has 0 atom stereocenters. The number of urea groups is 1. The summed E-state index contributed by atoms with van der Waals surface area (Å²) in [6.45, 7) is 5.66. The molecule has 7 heteroatoms. The van der Waals surface area contributed by atoms with Crippen molar-refractivity contribution in [3.05, 3.63) is 41.3 Å². The van der Waals surface area contributed by atoms with E-state index >= 15 is 0 Å². The molecule has 0 aliphatic carbocycles. The second-order valence-corrected chi connectivity index (χ2v) is 5.69. The van der Waals surface area contributed by atoms with Crippen molar-refractivity contribution in [3.63, 3.8) is 0 Å². The second-order valence-electron chi connectivity index (χ2n) is 5.69. The summed E-state index contributed by atoms with van der Waals surface area (Å²) in [4.78, 5) is 41.8. The Kier molecular flexibility index (Phi) is 3.92. The Balaban J connectivity index is 1.83. The van der Waals surface area contributed by atoms with E-state index in [1.54, 1.807) is 6.92 Å². The molecule has 0 unspecified atom stereocenters. The molecular formula is C17H17N3O4. The van der Waals surface area contributed by atoms with E-state index in [2.05, 4.69) is 4.98 Å². The van der Waals surface area contributed by atoms with Crippen LogP contribution in [-0.2, 0) is 16.1 Å². The van der Waals surface area contributed by atoms with Crippen LogP contribution in [0.3, 0.4) is 0 Å². The maximum Gasteiger partial charge on any atom is 0.334 e. The van der Waals surface area contributed by atoms with Crippen molar-refractivity contribution in [2.24, 2.45) is 0 Å². The number of carbonyl (C=O) groups excluding carboxylic acids is 3. The van der Waals surface area contributed by atoms with Gasteiger partial charge in [0, 0.05) is 12.1 Å². The number of hydrogen-bond donors (Lipinski definition) is 0. The van der Waals surface area contributed by atoms with Gasteiger partial charge < -0.3 is 4.42 Å². The maximum absolute atomic E-state index is 12.1. The molecule has 1 saturated heterocycles. The number of benzene rings is 1. The van der Waals surface area contributed by atoms with Crippen LogP contribution in [0.2, 0.25) is 0 Å². The molecule has 2 aromatic rings. The van der Waals surface area contributed by atoms with Gasteiger partial charge in [-0.2, -0.15) is 0 Å². The van der Waals surface area contributed by atoms with Crippen LogP contribution in [0, 0.1) is 13.8 Å². The molecular weight excluding hydrogens is 310 g/mol. The molecule has 1 aromatic carbocycles. The van der Waals surface area contributed by atoms with Crippen molar-refractivity contribution in [1.82, 2.24) is 14.8 Å². The topological polar surface area (TPSA) is 83.7 Å². The lowest BCUT2D eigenvalue weighted by molar-refractivity contribution is -0.143. The monoisotopic (exact) mass is 327 g/mol. The summed E-state index contributed by atoms with van der Waals surface area (Å²) in [6.07, 6.45) is 1.40. The van der Waals surface area contributed by atoms with Crippen LogP contribution in [0.5, 0.6) is 0 Å². The highest BCUT2D eigenvalue weighted by molar-refractivity contribution is 6.44. The normalized spacial score (nSPS) is 14.9. The lowest BCUT2D eigenvalue weighted by Crippen LogP contribution is -2.32. The molecule has 3 rings (SSSR count). The molecule has 7 nitrogen and oxygen atoms in total. The van der Waals surface area contributed by atoms with Gasteiger partial charge in [-0.1, -0.05) is 17.7 Å². The van der Waals surface area contributed by atoms with E-state index in [9.17, 15) is 14.4 Å². The molecule has 1 aliphatic heterocycles. The SMILES string of the molecule is CCN1C(=O)C(=O)N(Cc2coc(-c3ccc(C)cc3C)n2)C1=O. The fourth-order valence-electron chi connectivity index (χ4n) is 2.69. The van der Waals surface area contributed by atoms with Gasteiger partial charge >= 0.3 is 17.8 Å². The van der Waals surface area contributed by atoms with Crippen LogP contribution in [0.15, 0.2) is 28.9 Å². The van der Waals surface area contributed by atoms with E-state index in [1.165, 1.54) is 6.26 Å². The molecule has 0 saturated carbocycles. The van der Waals surface area contributed by atoms with Gasteiger partial charge in [-0.15, -0.1) is 0 Å². The molecule has 0 radical (unpaired) electrons. The minimum absolute atomic E-state index is 0.0890. The van der Waals surface area contributed by atoms with Gasteiger partial charge in [0.15, 0.2) is 0 Å². The zero-order valence-electron chi connectivity index (χ0n) is 13.7. The van der Waals surface area contributed by atoms with Crippen molar-refractivity contribution in [2.45, 2.75) is 27.3 Å². The average molecular weight is 327 g/mol. The van der Waals surface area contributed by atoms with E-state index in [0.29, 0.717) is 11.6 Å². The molecule has 4 amide bonds.